The van der Waals surface area contributed by atoms with Gasteiger partial charge in [-0.25, -0.2) is 4.98 Å². The number of pyridine rings is 1. The number of rotatable bonds is 5. The molecule has 0 bridgehead atoms. The van der Waals surface area contributed by atoms with Crippen LogP contribution in [0.15, 0.2) is 18.3 Å². The summed E-state index contributed by atoms with van der Waals surface area (Å²) < 4.78 is 5.78. The quantitative estimate of drug-likeness (QED) is 0.886. The molecular weight excluding hydrogens is 252 g/mol. The van der Waals surface area contributed by atoms with Crippen molar-refractivity contribution in [2.75, 3.05) is 38.1 Å². The summed E-state index contributed by atoms with van der Waals surface area (Å²) in [6.45, 7) is 9.16. The molecule has 5 heteroatoms. The Balaban J connectivity index is 1.79. The van der Waals surface area contributed by atoms with Crippen molar-refractivity contribution in [1.29, 1.82) is 5.26 Å². The lowest BCUT2D eigenvalue weighted by Gasteiger charge is -2.34. The maximum atomic E-state index is 8.70. The molecule has 1 aromatic heterocycles. The average Bonchev–Trinajstić information content (AvgIpc) is 2.45. The minimum Gasteiger partial charge on any atom is -0.381 e. The largest absolute Gasteiger partial charge is 0.381 e. The zero-order valence-electron chi connectivity index (χ0n) is 12.2. The number of hydrogen-bond donors (Lipinski definition) is 1. The second kappa shape index (κ2) is 7.22. The molecule has 1 saturated heterocycles. The van der Waals surface area contributed by atoms with E-state index in [-0.39, 0.29) is 6.10 Å². The standard InChI is InChI=1S/C15H22N4O/c1-12(2)10-19-5-6-20-15(11-19)9-18-14-4-3-13(7-16)17-8-14/h3-4,8,12,15,18H,5-6,9-11H2,1-2H3. The molecule has 0 spiro atoms. The molecule has 0 aliphatic carbocycles. The van der Waals surface area contributed by atoms with Gasteiger partial charge in [0.15, 0.2) is 0 Å². The highest BCUT2D eigenvalue weighted by Gasteiger charge is 2.20. The van der Waals surface area contributed by atoms with Crippen molar-refractivity contribution in [3.05, 3.63) is 24.0 Å². The lowest BCUT2D eigenvalue weighted by atomic mass is 10.2. The third kappa shape index (κ3) is 4.48. The Bertz CT molecular complexity index is 452. The van der Waals surface area contributed by atoms with E-state index in [2.05, 4.69) is 29.0 Å². The Morgan fingerprint density at radius 3 is 3.05 bits per heavy atom. The predicted octanol–water partition coefficient (Wildman–Crippen LogP) is 1.72. The highest BCUT2D eigenvalue weighted by atomic mass is 16.5. The highest BCUT2D eigenvalue weighted by molar-refractivity contribution is 5.42. The van der Waals surface area contributed by atoms with Crippen molar-refractivity contribution in [1.82, 2.24) is 9.88 Å². The van der Waals surface area contributed by atoms with Crippen LogP contribution in [0.3, 0.4) is 0 Å². The van der Waals surface area contributed by atoms with E-state index in [0.29, 0.717) is 11.6 Å². The van der Waals surface area contributed by atoms with Gasteiger partial charge in [0.05, 0.1) is 24.6 Å². The number of anilines is 1. The molecule has 5 nitrogen and oxygen atoms in total. The molecular formula is C15H22N4O. The van der Waals surface area contributed by atoms with E-state index < -0.39 is 0 Å². The smallest absolute Gasteiger partial charge is 0.140 e. The number of morpholine rings is 1. The van der Waals surface area contributed by atoms with Crippen molar-refractivity contribution in [2.45, 2.75) is 20.0 Å². The van der Waals surface area contributed by atoms with Crippen LogP contribution in [0.25, 0.3) is 0 Å². The molecule has 1 aliphatic rings. The molecule has 108 valence electrons. The van der Waals surface area contributed by atoms with Crippen LogP contribution in [0.1, 0.15) is 19.5 Å². The molecule has 1 aliphatic heterocycles. The average molecular weight is 274 g/mol. The molecule has 1 unspecified atom stereocenters. The van der Waals surface area contributed by atoms with E-state index in [9.17, 15) is 0 Å². The van der Waals surface area contributed by atoms with E-state index in [4.69, 9.17) is 10.00 Å². The molecule has 2 heterocycles. The molecule has 0 amide bonds. The fraction of sp³-hybridized carbons (Fsp3) is 0.600. The van der Waals surface area contributed by atoms with E-state index in [1.54, 1.807) is 12.3 Å². The first-order chi connectivity index (χ1) is 9.67. The Morgan fingerprint density at radius 2 is 2.40 bits per heavy atom. The zero-order chi connectivity index (χ0) is 14.4. The van der Waals surface area contributed by atoms with Crippen molar-refractivity contribution in [3.8, 4) is 6.07 Å². The lowest BCUT2D eigenvalue weighted by molar-refractivity contribution is -0.0244. The van der Waals surface area contributed by atoms with Crippen LogP contribution in [-0.2, 0) is 4.74 Å². The first kappa shape index (κ1) is 14.8. The van der Waals surface area contributed by atoms with Crippen molar-refractivity contribution >= 4 is 5.69 Å². The van der Waals surface area contributed by atoms with Crippen molar-refractivity contribution in [3.63, 3.8) is 0 Å². The summed E-state index contributed by atoms with van der Waals surface area (Å²) in [7, 11) is 0. The SMILES string of the molecule is CC(C)CN1CCOC(CNc2ccc(C#N)nc2)C1. The Kier molecular flexibility index (Phi) is 5.33. The number of hydrogen-bond acceptors (Lipinski definition) is 5. The Hall–Kier alpha value is -1.64. The van der Waals surface area contributed by atoms with Crippen LogP contribution in [0.4, 0.5) is 5.69 Å². The molecule has 1 fully saturated rings. The molecule has 20 heavy (non-hydrogen) atoms. The number of nitrogens with zero attached hydrogens (tertiary/aromatic N) is 3. The minimum absolute atomic E-state index is 0.207. The van der Waals surface area contributed by atoms with Gasteiger partial charge in [-0.05, 0) is 18.1 Å². The number of nitrogens with one attached hydrogen (secondary N) is 1. The maximum absolute atomic E-state index is 8.70. The van der Waals surface area contributed by atoms with Gasteiger partial charge in [0, 0.05) is 26.2 Å². The monoisotopic (exact) mass is 274 g/mol. The summed E-state index contributed by atoms with van der Waals surface area (Å²) in [6.07, 6.45) is 1.89. The predicted molar refractivity (Wildman–Crippen MR) is 78.5 cm³/mol. The van der Waals surface area contributed by atoms with Crippen LogP contribution < -0.4 is 5.32 Å². The second-order valence-electron chi connectivity index (χ2n) is 5.57. The number of aromatic nitrogens is 1. The minimum atomic E-state index is 0.207. The normalized spacial score (nSPS) is 19.8. The second-order valence-corrected chi connectivity index (χ2v) is 5.57. The molecule has 0 aromatic carbocycles. The summed E-state index contributed by atoms with van der Waals surface area (Å²) in [5, 5.41) is 12.0. The van der Waals surface area contributed by atoms with Crippen LogP contribution in [0.2, 0.25) is 0 Å². The van der Waals surface area contributed by atoms with Gasteiger partial charge in [-0.1, -0.05) is 13.8 Å². The Morgan fingerprint density at radius 1 is 1.55 bits per heavy atom. The molecule has 1 N–H and O–H groups in total. The van der Waals surface area contributed by atoms with Crippen molar-refractivity contribution in [2.24, 2.45) is 5.92 Å². The lowest BCUT2D eigenvalue weighted by Crippen LogP contribution is -2.46. The molecule has 0 radical (unpaired) electrons. The molecule has 0 saturated carbocycles. The number of nitriles is 1. The summed E-state index contributed by atoms with van der Waals surface area (Å²) in [4.78, 5) is 6.50. The van der Waals surface area contributed by atoms with Gasteiger partial charge in [-0.2, -0.15) is 5.26 Å². The van der Waals surface area contributed by atoms with E-state index >= 15 is 0 Å². The highest BCUT2D eigenvalue weighted by Crippen LogP contribution is 2.10. The summed E-state index contributed by atoms with van der Waals surface area (Å²) in [6, 6.07) is 5.61. The Labute approximate surface area is 120 Å². The van der Waals surface area contributed by atoms with Crippen LogP contribution in [0, 0.1) is 17.2 Å². The third-order valence-corrected chi connectivity index (χ3v) is 3.26. The molecule has 1 atom stereocenters. The van der Waals surface area contributed by atoms with Crippen molar-refractivity contribution < 1.29 is 4.74 Å². The fourth-order valence-corrected chi connectivity index (χ4v) is 2.38. The van der Waals surface area contributed by atoms with Gasteiger partial charge in [-0.15, -0.1) is 0 Å². The van der Waals surface area contributed by atoms with E-state index in [1.807, 2.05) is 12.1 Å². The molecule has 2 rings (SSSR count). The van der Waals surface area contributed by atoms with Gasteiger partial charge in [-0.3, -0.25) is 4.90 Å². The van der Waals surface area contributed by atoms with Gasteiger partial charge in [0.1, 0.15) is 11.8 Å². The first-order valence-electron chi connectivity index (χ1n) is 7.11. The maximum Gasteiger partial charge on any atom is 0.140 e. The summed E-state index contributed by atoms with van der Waals surface area (Å²) in [5.74, 6) is 0.685. The van der Waals surface area contributed by atoms with Crippen LogP contribution >= 0.6 is 0 Å². The third-order valence-electron chi connectivity index (χ3n) is 3.26. The van der Waals surface area contributed by atoms with Gasteiger partial charge in [0.25, 0.3) is 0 Å². The van der Waals surface area contributed by atoms with E-state index in [0.717, 1.165) is 38.5 Å². The summed E-state index contributed by atoms with van der Waals surface area (Å²) >= 11 is 0. The van der Waals surface area contributed by atoms with Gasteiger partial charge in [0.2, 0.25) is 0 Å². The fourth-order valence-electron chi connectivity index (χ4n) is 2.38. The zero-order valence-corrected chi connectivity index (χ0v) is 12.2. The van der Waals surface area contributed by atoms with Gasteiger partial charge >= 0.3 is 0 Å². The van der Waals surface area contributed by atoms with Crippen LogP contribution in [0.5, 0.6) is 0 Å². The first-order valence-corrected chi connectivity index (χ1v) is 7.11. The van der Waals surface area contributed by atoms with E-state index in [1.165, 1.54) is 0 Å². The van der Waals surface area contributed by atoms with Crippen LogP contribution in [-0.4, -0.2) is 48.8 Å². The topological polar surface area (TPSA) is 61.2 Å². The molecule has 1 aromatic rings. The van der Waals surface area contributed by atoms with Gasteiger partial charge < -0.3 is 10.1 Å². The number of ether oxygens (including phenoxy) is 1. The summed E-state index contributed by atoms with van der Waals surface area (Å²) in [5.41, 5.74) is 1.36.